The highest BCUT2D eigenvalue weighted by molar-refractivity contribution is 9.10. The van der Waals surface area contributed by atoms with E-state index in [-0.39, 0.29) is 18.5 Å². The van der Waals surface area contributed by atoms with Gasteiger partial charge in [0.25, 0.3) is 5.91 Å². The molecule has 1 N–H and O–H groups in total. The topological polar surface area (TPSA) is 57.6 Å². The first-order chi connectivity index (χ1) is 8.45. The van der Waals surface area contributed by atoms with Crippen molar-refractivity contribution in [3.63, 3.8) is 0 Å². The average molecular weight is 314 g/mol. The van der Waals surface area contributed by atoms with Crippen LogP contribution in [0.15, 0.2) is 28.7 Å². The Balaban J connectivity index is 2.98. The van der Waals surface area contributed by atoms with Gasteiger partial charge in [0.15, 0.2) is 0 Å². The van der Waals surface area contributed by atoms with Crippen molar-refractivity contribution in [2.24, 2.45) is 0 Å². The molecule has 0 saturated carbocycles. The van der Waals surface area contributed by atoms with Crippen molar-refractivity contribution in [1.29, 1.82) is 0 Å². The van der Waals surface area contributed by atoms with E-state index in [1.54, 1.807) is 18.2 Å². The van der Waals surface area contributed by atoms with Crippen LogP contribution in [0, 0.1) is 0 Å². The van der Waals surface area contributed by atoms with Crippen molar-refractivity contribution in [3.05, 3.63) is 34.3 Å². The number of carboxylic acids is 1. The molecule has 1 amide bonds. The second-order valence-corrected chi connectivity index (χ2v) is 5.01. The van der Waals surface area contributed by atoms with E-state index in [0.717, 1.165) is 4.47 Å². The van der Waals surface area contributed by atoms with Crippen LogP contribution < -0.4 is 0 Å². The van der Waals surface area contributed by atoms with E-state index in [1.807, 2.05) is 19.9 Å². The molecule has 0 radical (unpaired) electrons. The molecule has 1 aromatic carbocycles. The van der Waals surface area contributed by atoms with Crippen LogP contribution in [0.1, 0.15) is 30.6 Å². The van der Waals surface area contributed by atoms with Gasteiger partial charge >= 0.3 is 5.97 Å². The number of nitrogens with zero attached hydrogens (tertiary/aromatic N) is 1. The minimum Gasteiger partial charge on any atom is -0.480 e. The Kier molecular flexibility index (Phi) is 5.34. The Morgan fingerprint density at radius 1 is 1.44 bits per heavy atom. The first kappa shape index (κ1) is 14.7. The zero-order valence-electron chi connectivity index (χ0n) is 10.4. The van der Waals surface area contributed by atoms with E-state index in [2.05, 4.69) is 15.9 Å². The number of aliphatic carboxylic acids is 1. The molecule has 0 aromatic heterocycles. The molecule has 1 rings (SSSR count). The molecule has 0 heterocycles. The van der Waals surface area contributed by atoms with Crippen LogP contribution in [-0.2, 0) is 4.79 Å². The number of hydrogen-bond acceptors (Lipinski definition) is 2. The summed E-state index contributed by atoms with van der Waals surface area (Å²) in [7, 11) is 0. The smallest absolute Gasteiger partial charge is 0.323 e. The number of carbonyl (C=O) groups is 2. The lowest BCUT2D eigenvalue weighted by atomic mass is 10.1. The average Bonchev–Trinajstić information content (AvgIpc) is 2.34. The predicted molar refractivity (Wildman–Crippen MR) is 72.6 cm³/mol. The Bertz CT molecular complexity index is 448. The lowest BCUT2D eigenvalue weighted by Crippen LogP contribution is -2.41. The molecule has 0 saturated heterocycles. The number of hydrogen-bond donors (Lipinski definition) is 1. The summed E-state index contributed by atoms with van der Waals surface area (Å²) in [5, 5.41) is 8.88. The zero-order valence-corrected chi connectivity index (χ0v) is 12.0. The molecule has 0 spiro atoms. The number of rotatable bonds is 5. The molecule has 1 unspecified atom stereocenters. The zero-order chi connectivity index (χ0) is 13.7. The molecule has 0 aliphatic heterocycles. The lowest BCUT2D eigenvalue weighted by molar-refractivity contribution is -0.138. The van der Waals surface area contributed by atoms with Crippen molar-refractivity contribution < 1.29 is 14.7 Å². The first-order valence-corrected chi connectivity index (χ1v) is 6.53. The summed E-state index contributed by atoms with van der Waals surface area (Å²) >= 11 is 3.30. The fourth-order valence-corrected chi connectivity index (χ4v) is 1.98. The summed E-state index contributed by atoms with van der Waals surface area (Å²) in [4.78, 5) is 24.5. The second kappa shape index (κ2) is 6.54. The summed E-state index contributed by atoms with van der Waals surface area (Å²) in [5.74, 6) is -1.26. The molecule has 0 bridgehead atoms. The van der Waals surface area contributed by atoms with Crippen LogP contribution in [0.5, 0.6) is 0 Å². The van der Waals surface area contributed by atoms with Gasteiger partial charge < -0.3 is 10.0 Å². The minimum absolute atomic E-state index is 0.104. The summed E-state index contributed by atoms with van der Waals surface area (Å²) in [6, 6.07) is 6.85. The summed E-state index contributed by atoms with van der Waals surface area (Å²) in [6.45, 7) is 3.49. The molecular weight excluding hydrogens is 298 g/mol. The summed E-state index contributed by atoms with van der Waals surface area (Å²) in [6.07, 6.45) is 0.715. The van der Waals surface area contributed by atoms with E-state index >= 15 is 0 Å². The largest absolute Gasteiger partial charge is 0.480 e. The maximum atomic E-state index is 12.3. The fraction of sp³-hybridized carbons (Fsp3) is 0.385. The van der Waals surface area contributed by atoms with Crippen LogP contribution in [0.2, 0.25) is 0 Å². The van der Waals surface area contributed by atoms with Gasteiger partial charge in [-0.3, -0.25) is 9.59 Å². The lowest BCUT2D eigenvalue weighted by Gasteiger charge is -2.27. The molecule has 5 heteroatoms. The first-order valence-electron chi connectivity index (χ1n) is 5.74. The third-order valence-electron chi connectivity index (χ3n) is 2.76. The molecule has 18 heavy (non-hydrogen) atoms. The van der Waals surface area contributed by atoms with Gasteiger partial charge in [0.05, 0.1) is 0 Å². The maximum absolute atomic E-state index is 12.3. The second-order valence-electron chi connectivity index (χ2n) is 4.09. The normalized spacial score (nSPS) is 11.9. The van der Waals surface area contributed by atoms with Crippen molar-refractivity contribution in [1.82, 2.24) is 4.90 Å². The molecule has 0 fully saturated rings. The van der Waals surface area contributed by atoms with Crippen molar-refractivity contribution in [2.45, 2.75) is 26.3 Å². The standard InChI is InChI=1S/C13H16BrNO3/c1-3-9(2)15(8-12(16)17)13(18)10-5-4-6-11(14)7-10/h4-7,9H,3,8H2,1-2H3,(H,16,17). The third-order valence-corrected chi connectivity index (χ3v) is 3.25. The molecule has 4 nitrogen and oxygen atoms in total. The van der Waals surface area contributed by atoms with Gasteiger partial charge in [-0.05, 0) is 31.5 Å². The fourth-order valence-electron chi connectivity index (χ4n) is 1.58. The van der Waals surface area contributed by atoms with E-state index in [9.17, 15) is 9.59 Å². The Hall–Kier alpha value is -1.36. The quantitative estimate of drug-likeness (QED) is 0.909. The van der Waals surface area contributed by atoms with E-state index < -0.39 is 5.97 Å². The van der Waals surface area contributed by atoms with Gasteiger partial charge in [0.2, 0.25) is 0 Å². The van der Waals surface area contributed by atoms with Gasteiger partial charge in [0, 0.05) is 16.1 Å². The molecule has 1 aromatic rings. The van der Waals surface area contributed by atoms with Gasteiger partial charge in [-0.25, -0.2) is 0 Å². The molecule has 1 atom stereocenters. The molecule has 0 aliphatic rings. The monoisotopic (exact) mass is 313 g/mol. The Labute approximate surface area is 115 Å². The Morgan fingerprint density at radius 2 is 2.11 bits per heavy atom. The SMILES string of the molecule is CCC(C)N(CC(=O)O)C(=O)c1cccc(Br)c1. The van der Waals surface area contributed by atoms with Crippen LogP contribution >= 0.6 is 15.9 Å². The molecule has 0 aliphatic carbocycles. The Morgan fingerprint density at radius 3 is 2.61 bits per heavy atom. The number of carbonyl (C=O) groups excluding carboxylic acids is 1. The highest BCUT2D eigenvalue weighted by Gasteiger charge is 2.22. The minimum atomic E-state index is -1.00. The number of carboxylic acid groups (broad SMARTS) is 1. The van der Waals surface area contributed by atoms with E-state index in [4.69, 9.17) is 5.11 Å². The summed E-state index contributed by atoms with van der Waals surface area (Å²) in [5.41, 5.74) is 0.492. The van der Waals surface area contributed by atoms with Crippen LogP contribution in [0.4, 0.5) is 0 Å². The number of halogens is 1. The van der Waals surface area contributed by atoms with Crippen LogP contribution in [0.3, 0.4) is 0 Å². The van der Waals surface area contributed by atoms with Crippen LogP contribution in [-0.4, -0.2) is 34.5 Å². The van der Waals surface area contributed by atoms with E-state index in [1.165, 1.54) is 4.90 Å². The van der Waals surface area contributed by atoms with Gasteiger partial charge in [-0.15, -0.1) is 0 Å². The van der Waals surface area contributed by atoms with E-state index in [0.29, 0.717) is 12.0 Å². The van der Waals surface area contributed by atoms with Gasteiger partial charge in [-0.1, -0.05) is 28.9 Å². The highest BCUT2D eigenvalue weighted by atomic mass is 79.9. The predicted octanol–water partition coefficient (Wildman–Crippen LogP) is 2.77. The summed E-state index contributed by atoms with van der Waals surface area (Å²) < 4.78 is 0.799. The number of amides is 1. The highest BCUT2D eigenvalue weighted by Crippen LogP contribution is 2.15. The van der Waals surface area contributed by atoms with Crippen molar-refractivity contribution in [2.75, 3.05) is 6.54 Å². The van der Waals surface area contributed by atoms with Crippen LogP contribution in [0.25, 0.3) is 0 Å². The van der Waals surface area contributed by atoms with Crippen molar-refractivity contribution >= 4 is 27.8 Å². The maximum Gasteiger partial charge on any atom is 0.323 e. The number of benzene rings is 1. The van der Waals surface area contributed by atoms with Gasteiger partial charge in [-0.2, -0.15) is 0 Å². The molecule has 98 valence electrons. The van der Waals surface area contributed by atoms with Crippen molar-refractivity contribution in [3.8, 4) is 0 Å². The third kappa shape index (κ3) is 3.84. The molecular formula is C13H16BrNO3. The van der Waals surface area contributed by atoms with Gasteiger partial charge in [0.1, 0.15) is 6.54 Å².